The van der Waals surface area contributed by atoms with E-state index < -0.39 is 17.2 Å². The smallest absolute Gasteiger partial charge is 0.262 e. The van der Waals surface area contributed by atoms with Crippen LogP contribution in [0.5, 0.6) is 0 Å². The van der Waals surface area contributed by atoms with Gasteiger partial charge in [0.25, 0.3) is 11.8 Å². The van der Waals surface area contributed by atoms with Gasteiger partial charge in [-0.15, -0.1) is 0 Å². The number of carbonyl (C=O) groups excluding carboxylic acids is 3. The van der Waals surface area contributed by atoms with E-state index in [1.165, 1.54) is 12.1 Å². The number of hydrogen-bond donors (Lipinski definition) is 0. The molecule has 2 amide bonds. The zero-order valence-corrected chi connectivity index (χ0v) is 12.8. The maximum atomic E-state index is 12.2. The monoisotopic (exact) mass is 313 g/mol. The molecule has 0 saturated carbocycles. The van der Waals surface area contributed by atoms with Crippen LogP contribution in [0.3, 0.4) is 0 Å². The fraction of sp³-hybridized carbons (Fsp3) is 0.357. The van der Waals surface area contributed by atoms with E-state index in [1.807, 2.05) is 0 Å². The fourth-order valence-corrected chi connectivity index (χ4v) is 2.14. The Morgan fingerprint density at radius 2 is 1.45 bits per heavy atom. The molecule has 0 unspecified atom stereocenters. The summed E-state index contributed by atoms with van der Waals surface area (Å²) >= 11 is 11.7. The number of amides is 2. The second-order valence-electron chi connectivity index (χ2n) is 5.68. The van der Waals surface area contributed by atoms with Crippen LogP contribution in [0.15, 0.2) is 12.1 Å². The first-order valence-electron chi connectivity index (χ1n) is 6.01. The summed E-state index contributed by atoms with van der Waals surface area (Å²) in [5.74, 6) is -1.22. The quantitative estimate of drug-likeness (QED) is 0.788. The van der Waals surface area contributed by atoms with Gasteiger partial charge in [0.15, 0.2) is 5.78 Å². The lowest BCUT2D eigenvalue weighted by Gasteiger charge is -2.20. The average molecular weight is 314 g/mol. The molecule has 2 rings (SSSR count). The van der Waals surface area contributed by atoms with Crippen molar-refractivity contribution in [1.29, 1.82) is 0 Å². The summed E-state index contributed by atoms with van der Waals surface area (Å²) in [4.78, 5) is 37.3. The van der Waals surface area contributed by atoms with Crippen LogP contribution in [0.1, 0.15) is 41.5 Å². The van der Waals surface area contributed by atoms with Gasteiger partial charge < -0.3 is 0 Å². The normalized spacial score (nSPS) is 14.8. The summed E-state index contributed by atoms with van der Waals surface area (Å²) in [6.45, 7) is 4.97. The molecule has 0 saturated heterocycles. The van der Waals surface area contributed by atoms with Crippen molar-refractivity contribution in [1.82, 2.24) is 4.90 Å². The third-order valence-corrected chi connectivity index (χ3v) is 3.87. The average Bonchev–Trinajstić information content (AvgIpc) is 2.54. The van der Waals surface area contributed by atoms with Gasteiger partial charge in [-0.2, -0.15) is 0 Å². The highest BCUT2D eigenvalue weighted by atomic mass is 35.5. The van der Waals surface area contributed by atoms with Crippen molar-refractivity contribution >= 4 is 40.8 Å². The first kappa shape index (κ1) is 15.0. The second-order valence-corrected chi connectivity index (χ2v) is 6.50. The van der Waals surface area contributed by atoms with Crippen molar-refractivity contribution in [3.05, 3.63) is 33.3 Å². The van der Waals surface area contributed by atoms with Crippen LogP contribution in [0, 0.1) is 5.41 Å². The van der Waals surface area contributed by atoms with Gasteiger partial charge in [0, 0.05) is 5.41 Å². The number of rotatable bonds is 2. The van der Waals surface area contributed by atoms with Crippen molar-refractivity contribution in [2.75, 3.05) is 6.54 Å². The van der Waals surface area contributed by atoms with Crippen molar-refractivity contribution in [2.24, 2.45) is 5.41 Å². The summed E-state index contributed by atoms with van der Waals surface area (Å²) in [7, 11) is 0. The number of fused-ring (bicyclic) bond motifs is 1. The van der Waals surface area contributed by atoms with E-state index in [-0.39, 0.29) is 33.5 Å². The molecule has 0 aromatic heterocycles. The Hall–Kier alpha value is -1.39. The molecule has 1 heterocycles. The Labute approximate surface area is 126 Å². The predicted octanol–water partition coefficient (Wildman–Crippen LogP) is 3.20. The molecule has 6 heteroatoms. The van der Waals surface area contributed by atoms with Gasteiger partial charge in [-0.05, 0) is 12.1 Å². The van der Waals surface area contributed by atoms with E-state index in [2.05, 4.69) is 0 Å². The molecule has 0 spiro atoms. The van der Waals surface area contributed by atoms with Gasteiger partial charge in [0.1, 0.15) is 0 Å². The van der Waals surface area contributed by atoms with Gasteiger partial charge in [-0.3, -0.25) is 19.3 Å². The number of halogens is 2. The number of Topliss-reactive ketones (excluding diaryl/α,β-unsaturated/α-hetero) is 1. The molecule has 0 bridgehead atoms. The van der Waals surface area contributed by atoms with E-state index in [4.69, 9.17) is 23.2 Å². The molecule has 0 atom stereocenters. The van der Waals surface area contributed by atoms with Crippen molar-refractivity contribution in [3.63, 3.8) is 0 Å². The number of carbonyl (C=O) groups is 3. The lowest BCUT2D eigenvalue weighted by molar-refractivity contribution is -0.126. The maximum Gasteiger partial charge on any atom is 0.262 e. The van der Waals surface area contributed by atoms with Crippen molar-refractivity contribution in [3.8, 4) is 0 Å². The molecule has 0 fully saturated rings. The van der Waals surface area contributed by atoms with Crippen LogP contribution in [0.2, 0.25) is 10.0 Å². The molecular weight excluding hydrogens is 301 g/mol. The van der Waals surface area contributed by atoms with Crippen molar-refractivity contribution < 1.29 is 14.4 Å². The molecule has 1 aromatic carbocycles. The zero-order valence-electron chi connectivity index (χ0n) is 11.3. The SMILES string of the molecule is CC(C)(C)C(=O)CN1C(=O)c2cc(Cl)c(Cl)cc2C1=O. The first-order chi connectivity index (χ1) is 9.12. The summed E-state index contributed by atoms with van der Waals surface area (Å²) in [6, 6.07) is 2.72. The third-order valence-electron chi connectivity index (χ3n) is 3.15. The van der Waals surface area contributed by atoms with Crippen LogP contribution < -0.4 is 0 Å². The summed E-state index contributed by atoms with van der Waals surface area (Å²) in [5.41, 5.74) is -0.248. The van der Waals surface area contributed by atoms with Gasteiger partial charge >= 0.3 is 0 Å². The minimum Gasteiger partial charge on any atom is -0.297 e. The van der Waals surface area contributed by atoms with Gasteiger partial charge in [-0.25, -0.2) is 0 Å². The highest BCUT2D eigenvalue weighted by Crippen LogP contribution is 2.31. The Morgan fingerprint density at radius 1 is 1.05 bits per heavy atom. The second kappa shape index (κ2) is 4.86. The van der Waals surface area contributed by atoms with E-state index in [9.17, 15) is 14.4 Å². The lowest BCUT2D eigenvalue weighted by Crippen LogP contribution is -2.39. The highest BCUT2D eigenvalue weighted by Gasteiger charge is 2.38. The molecule has 106 valence electrons. The van der Waals surface area contributed by atoms with E-state index in [1.54, 1.807) is 20.8 Å². The van der Waals surface area contributed by atoms with Crippen LogP contribution in [-0.2, 0) is 4.79 Å². The van der Waals surface area contributed by atoms with E-state index >= 15 is 0 Å². The minimum atomic E-state index is -0.620. The Kier molecular flexibility index (Phi) is 3.65. The van der Waals surface area contributed by atoms with E-state index in [0.717, 1.165) is 4.90 Å². The summed E-state index contributed by atoms with van der Waals surface area (Å²) in [5, 5.41) is 0.408. The zero-order chi connectivity index (χ0) is 15.2. The molecule has 0 aliphatic carbocycles. The number of benzene rings is 1. The van der Waals surface area contributed by atoms with Crippen LogP contribution in [0.4, 0.5) is 0 Å². The van der Waals surface area contributed by atoms with Crippen LogP contribution >= 0.6 is 23.2 Å². The summed E-state index contributed by atoms with van der Waals surface area (Å²) < 4.78 is 0. The topological polar surface area (TPSA) is 54.5 Å². The number of ketones is 1. The number of nitrogens with zero attached hydrogens (tertiary/aromatic N) is 1. The molecule has 1 aliphatic rings. The first-order valence-corrected chi connectivity index (χ1v) is 6.77. The molecule has 20 heavy (non-hydrogen) atoms. The minimum absolute atomic E-state index is 0.186. The molecule has 4 nitrogen and oxygen atoms in total. The maximum absolute atomic E-state index is 12.2. The standard InChI is InChI=1S/C14H13Cl2NO3/c1-14(2,3)11(18)6-17-12(19)7-4-9(15)10(16)5-8(7)13(17)20/h4-5H,6H2,1-3H3. The molecule has 0 N–H and O–H groups in total. The lowest BCUT2D eigenvalue weighted by atomic mass is 9.90. The summed E-state index contributed by atoms with van der Waals surface area (Å²) in [6.07, 6.45) is 0. The Morgan fingerprint density at radius 3 is 1.80 bits per heavy atom. The van der Waals surface area contributed by atoms with E-state index in [0.29, 0.717) is 0 Å². The van der Waals surface area contributed by atoms with Crippen molar-refractivity contribution in [2.45, 2.75) is 20.8 Å². The van der Waals surface area contributed by atoms with Gasteiger partial charge in [0.2, 0.25) is 0 Å². The van der Waals surface area contributed by atoms with Gasteiger partial charge in [-0.1, -0.05) is 44.0 Å². The number of imide groups is 1. The molecule has 1 aliphatic heterocycles. The number of hydrogen-bond acceptors (Lipinski definition) is 3. The fourth-order valence-electron chi connectivity index (χ4n) is 1.81. The predicted molar refractivity (Wildman–Crippen MR) is 76.3 cm³/mol. The molecular formula is C14H13Cl2NO3. The Bertz CT molecular complexity index is 591. The third kappa shape index (κ3) is 2.45. The van der Waals surface area contributed by atoms with Gasteiger partial charge in [0.05, 0.1) is 27.7 Å². The largest absolute Gasteiger partial charge is 0.297 e. The Balaban J connectivity index is 2.36. The van der Waals surface area contributed by atoms with Crippen LogP contribution in [0.25, 0.3) is 0 Å². The highest BCUT2D eigenvalue weighted by molar-refractivity contribution is 6.43. The molecule has 0 radical (unpaired) electrons. The molecule has 1 aromatic rings. The van der Waals surface area contributed by atoms with Crippen LogP contribution in [-0.4, -0.2) is 29.0 Å².